The molecule has 10 aliphatic heterocycles. The average Bonchev–Trinajstić information content (AvgIpc) is 1.58. The maximum atomic E-state index is 15.5. The zero-order valence-corrected chi connectivity index (χ0v) is 83.5. The van der Waals surface area contributed by atoms with Crippen LogP contribution < -0.4 is 24.5 Å². The van der Waals surface area contributed by atoms with Gasteiger partial charge in [0, 0.05) is 157 Å². The standard InChI is InChI=1S/C28H33N3.C27H30FN3.C22H29N3.C21H26FN3.C18H20FN3/c1-18(2)24-15-22(21-10-8-7-9-11-21)16-25(19(3)4)27(24)31-20(5)14-23-17-26-29(6)12-13-30(26)28(23)31;1-17(2)22-13-20(19-9-7-6-8-10-19)14-23(18(3)4)26(22)31-24(28)15-21-16-25-29(5)11-12-30(25)27(21)31;1-14(2)18-8-7-9-19(15(3)4)21(18)25-16(5)12-17-13-20-23(6)10-11-24(20)22(17)25;1-13(2)16-7-6-8-17(14(3)4)20(16)25-18(22)11-15-12-19-23(5)9-10-24(19)21(15)25;1-12(2)14-6-4-5-7-15(14)22-16(19)10-13-11-17-20(3)8-9-21(17)18(13)22/h7-16,18-19,26H,17H2,1-6H3;6-15,17-18,25H,16H2,1-5H3;7-12,14-15,20H,13H2,1-6H3;6-11,13-14,19H,12H2,1-5H3;4-10,12,17H,11H2,1-3H3. The molecule has 0 fully saturated rings. The Bertz CT molecular complexity index is 6130. The van der Waals surface area contributed by atoms with Crippen LogP contribution in [0, 0.1) is 31.7 Å². The van der Waals surface area contributed by atoms with Crippen molar-refractivity contribution in [1.29, 1.82) is 0 Å². The Labute approximate surface area is 794 Å². The van der Waals surface area contributed by atoms with E-state index in [1.807, 2.05) is 39.6 Å². The number of hydrogen-bond acceptors (Lipinski definition) is 10. The second-order valence-electron chi connectivity index (χ2n) is 41.4. The van der Waals surface area contributed by atoms with Crippen LogP contribution in [0.2, 0.25) is 0 Å². The van der Waals surface area contributed by atoms with Crippen LogP contribution in [-0.2, 0) is 32.1 Å². The van der Waals surface area contributed by atoms with Crippen molar-refractivity contribution in [2.75, 3.05) is 59.7 Å². The highest BCUT2D eigenvalue weighted by Crippen LogP contribution is 2.52. The molecule has 0 N–H and O–H groups in total. The lowest BCUT2D eigenvalue weighted by molar-refractivity contribution is 0.366. The van der Waals surface area contributed by atoms with E-state index in [0.717, 1.165) is 83.3 Å². The van der Waals surface area contributed by atoms with Crippen molar-refractivity contribution in [3.8, 4) is 50.7 Å². The normalized spacial score (nSPS) is 18.1. The number of aryl methyl sites for hydroxylation is 2. The first-order chi connectivity index (χ1) is 64.1. The van der Waals surface area contributed by atoms with Crippen LogP contribution in [0.5, 0.6) is 0 Å². The molecule has 5 atom stereocenters. The molecule has 0 radical (unpaired) electrons. The minimum absolute atomic E-state index is 0.165. The molecule has 18 heteroatoms. The van der Waals surface area contributed by atoms with Gasteiger partial charge in [-0.1, -0.05) is 240 Å². The Balaban J connectivity index is 0.000000113. The van der Waals surface area contributed by atoms with Crippen LogP contribution in [0.3, 0.4) is 0 Å². The van der Waals surface area contributed by atoms with Crippen molar-refractivity contribution in [1.82, 2.24) is 47.3 Å². The molecule has 0 amide bonds. The minimum Gasteiger partial charge on any atom is -0.358 e. The molecule has 15 nitrogen and oxygen atoms in total. The summed E-state index contributed by atoms with van der Waals surface area (Å²) in [5.41, 5.74) is 31.2. The third-order valence-electron chi connectivity index (χ3n) is 29.4. The van der Waals surface area contributed by atoms with Gasteiger partial charge in [0.2, 0.25) is 0 Å². The number of halogens is 3. The summed E-state index contributed by atoms with van der Waals surface area (Å²) in [4.78, 5) is 22.7. The Hall–Kier alpha value is -12.6. The molecule has 10 aliphatic rings. The molecule has 0 bridgehead atoms. The van der Waals surface area contributed by atoms with E-state index in [1.165, 1.54) is 118 Å². The lowest BCUT2D eigenvalue weighted by Crippen LogP contribution is -2.34. The highest BCUT2D eigenvalue weighted by atomic mass is 19.1. The molecule has 0 spiro atoms. The summed E-state index contributed by atoms with van der Waals surface area (Å²) in [6.45, 7) is 44.8. The molecular weight excluding hydrogens is 1660 g/mol. The number of anilines is 5. The van der Waals surface area contributed by atoms with Gasteiger partial charge in [-0.3, -0.25) is 22.8 Å². The summed E-state index contributed by atoms with van der Waals surface area (Å²) >= 11 is 0. The van der Waals surface area contributed by atoms with E-state index < -0.39 is 0 Å². The highest BCUT2D eigenvalue weighted by Gasteiger charge is 2.45. The van der Waals surface area contributed by atoms with Gasteiger partial charge in [0.25, 0.3) is 0 Å². The summed E-state index contributed by atoms with van der Waals surface area (Å²) in [5.74, 6) is 8.52. The Morgan fingerprint density at radius 3 is 0.739 bits per heavy atom. The molecule has 15 heterocycles. The number of nitrogens with zero attached hydrogens (tertiary/aromatic N) is 15. The van der Waals surface area contributed by atoms with E-state index in [4.69, 9.17) is 0 Å². The van der Waals surface area contributed by atoms with Crippen LogP contribution in [0.1, 0.15) is 267 Å². The fraction of sp³-hybridized carbons (Fsp3) is 0.379. The lowest BCUT2D eigenvalue weighted by Gasteiger charge is -2.29. The maximum absolute atomic E-state index is 15.5. The van der Waals surface area contributed by atoms with E-state index in [0.29, 0.717) is 53.8 Å². The van der Waals surface area contributed by atoms with Crippen molar-refractivity contribution in [2.24, 2.45) is 0 Å². The van der Waals surface area contributed by atoms with Crippen LogP contribution in [0.4, 0.5) is 42.3 Å². The summed E-state index contributed by atoms with van der Waals surface area (Å²) < 4.78 is 55.9. The summed E-state index contributed by atoms with van der Waals surface area (Å²) in [6.07, 6.45) is 27.6. The van der Waals surface area contributed by atoms with Crippen molar-refractivity contribution in [3.05, 3.63) is 345 Å². The third kappa shape index (κ3) is 16.0. The Morgan fingerprint density at radius 1 is 0.224 bits per heavy atom. The molecule has 0 saturated carbocycles. The molecule has 12 aromatic rings. The quantitative estimate of drug-likeness (QED) is 0.0935. The van der Waals surface area contributed by atoms with Gasteiger partial charge >= 0.3 is 0 Å². The Morgan fingerprint density at radius 2 is 0.448 bits per heavy atom. The van der Waals surface area contributed by atoms with Crippen molar-refractivity contribution < 1.29 is 13.2 Å². The average molecular weight is 1800 g/mol. The fourth-order valence-corrected chi connectivity index (χ4v) is 22.4. The van der Waals surface area contributed by atoms with E-state index in [-0.39, 0.29) is 48.2 Å². The molecule has 134 heavy (non-hydrogen) atoms. The molecule has 7 aromatic carbocycles. The number of hydrogen-bond donors (Lipinski definition) is 0. The van der Waals surface area contributed by atoms with E-state index in [2.05, 4.69) is 421 Å². The number of fused-ring (bicyclic) bond motifs is 15. The predicted octanol–water partition coefficient (Wildman–Crippen LogP) is 27.4. The smallest absolute Gasteiger partial charge is 0.200 e. The molecule has 0 aliphatic carbocycles. The maximum Gasteiger partial charge on any atom is 0.200 e. The van der Waals surface area contributed by atoms with Crippen LogP contribution in [-0.4, -0.2) is 113 Å². The van der Waals surface area contributed by atoms with Gasteiger partial charge in [-0.05, 0) is 211 Å². The van der Waals surface area contributed by atoms with E-state index in [9.17, 15) is 4.39 Å². The van der Waals surface area contributed by atoms with Crippen LogP contribution in [0.15, 0.2) is 238 Å². The van der Waals surface area contributed by atoms with Crippen LogP contribution >= 0.6 is 0 Å². The second kappa shape index (κ2) is 36.3. The monoisotopic (exact) mass is 1800 g/mol. The zero-order valence-electron chi connectivity index (χ0n) is 83.5. The number of para-hydroxylation sites is 3. The Kier molecular flexibility index (Phi) is 24.9. The first-order valence-corrected chi connectivity index (χ1v) is 49.0. The number of likely N-dealkylation sites (N-methyl/N-ethyl adjacent to an activating group) is 5. The summed E-state index contributed by atoms with van der Waals surface area (Å²) in [6, 6.07) is 61.8. The highest BCUT2D eigenvalue weighted by molar-refractivity contribution is 5.77. The fourth-order valence-electron chi connectivity index (χ4n) is 22.4. The van der Waals surface area contributed by atoms with Gasteiger partial charge in [-0.2, -0.15) is 13.2 Å². The predicted molar refractivity (Wildman–Crippen MR) is 550 cm³/mol. The number of rotatable bonds is 16. The van der Waals surface area contributed by atoms with Crippen molar-refractivity contribution >= 4 is 29.1 Å². The first kappa shape index (κ1) is 91.9. The minimum atomic E-state index is -0.181. The number of benzene rings is 7. The molecule has 698 valence electrons. The van der Waals surface area contributed by atoms with Crippen molar-refractivity contribution in [2.45, 2.75) is 255 Å². The van der Waals surface area contributed by atoms with Gasteiger partial charge in [0.1, 0.15) is 59.9 Å². The molecule has 22 rings (SSSR count). The number of aromatic nitrogens is 5. The molecule has 5 unspecified atom stereocenters. The lowest BCUT2D eigenvalue weighted by atomic mass is 9.88. The van der Waals surface area contributed by atoms with E-state index in [1.54, 1.807) is 22.8 Å². The SMILES string of the molecule is CC(C)c1cc(-c2ccccc2)cc(C(C)C)c1-n1c(F)cc2c1N1C=CN(C)C1C2.CC(C)c1cccc(C(C)C)c1-n1c(F)cc2c1N1C=CN(C)C1C2.CC(C)c1ccccc1-n1c(F)cc2c1N1C=CN(C)C1C2.Cc1cc2c(n1-c1c(C(C)C)cc(-c3ccccc3)cc1C(C)C)N1C=CN(C)C1C2.Cc1cc2c(n1-c1c(C(C)C)cccc1C(C)C)N1C=CN(C)C1C2. The second-order valence-corrected chi connectivity index (χ2v) is 41.4. The summed E-state index contributed by atoms with van der Waals surface area (Å²) in [7, 11) is 10.6. The zero-order chi connectivity index (χ0) is 94.9. The van der Waals surface area contributed by atoms with Gasteiger partial charge in [0.05, 0.1) is 28.4 Å². The molecule has 0 saturated heterocycles. The molecular formula is C116H138F3N15. The van der Waals surface area contributed by atoms with Gasteiger partial charge in [-0.15, -0.1) is 0 Å². The van der Waals surface area contributed by atoms with Crippen molar-refractivity contribution in [3.63, 3.8) is 0 Å². The topological polar surface area (TPSA) is 57.1 Å². The van der Waals surface area contributed by atoms with Crippen LogP contribution in [0.25, 0.3) is 50.7 Å². The van der Waals surface area contributed by atoms with Gasteiger partial charge in [-0.25, -0.2) is 0 Å². The van der Waals surface area contributed by atoms with Gasteiger partial charge < -0.3 is 49.0 Å². The third-order valence-corrected chi connectivity index (χ3v) is 29.4. The summed E-state index contributed by atoms with van der Waals surface area (Å²) in [5, 5.41) is 0. The largest absolute Gasteiger partial charge is 0.358 e. The first-order valence-electron chi connectivity index (χ1n) is 49.0. The molecule has 5 aromatic heterocycles. The van der Waals surface area contributed by atoms with E-state index >= 15 is 8.78 Å². The van der Waals surface area contributed by atoms with Gasteiger partial charge in [0.15, 0.2) is 17.8 Å².